The first kappa shape index (κ1) is 12.0. The van der Waals surface area contributed by atoms with Crippen molar-refractivity contribution in [3.63, 3.8) is 0 Å². The van der Waals surface area contributed by atoms with E-state index in [1.54, 1.807) is 6.07 Å². The summed E-state index contributed by atoms with van der Waals surface area (Å²) in [6.45, 7) is 1.80. The van der Waals surface area contributed by atoms with Gasteiger partial charge >= 0.3 is 0 Å². The molecule has 3 nitrogen and oxygen atoms in total. The summed E-state index contributed by atoms with van der Waals surface area (Å²) in [5, 5.41) is 11.8. The smallest absolute Gasteiger partial charge is 0.163 e. The Morgan fingerprint density at radius 3 is 2.59 bits per heavy atom. The highest BCUT2D eigenvalue weighted by Crippen LogP contribution is 2.16. The molecule has 1 fully saturated rings. The topological polar surface area (TPSA) is 35.8 Å². The molecule has 0 saturated carbocycles. The number of piperidine rings is 1. The maximum Gasteiger partial charge on any atom is 0.163 e. The van der Waals surface area contributed by atoms with E-state index in [1.165, 1.54) is 6.07 Å². The van der Waals surface area contributed by atoms with Crippen molar-refractivity contribution < 1.29 is 14.0 Å². The molecule has 1 aliphatic heterocycles. The molecule has 17 heavy (non-hydrogen) atoms. The van der Waals surface area contributed by atoms with Crippen molar-refractivity contribution in [1.29, 1.82) is 0 Å². The highest BCUT2D eigenvalue weighted by molar-refractivity contribution is 5.84. The second-order valence-electron chi connectivity index (χ2n) is 4.16. The Balaban J connectivity index is 2.00. The van der Waals surface area contributed by atoms with Crippen molar-refractivity contribution in [2.24, 2.45) is 5.16 Å². The number of oxime groups is 1. The predicted octanol–water partition coefficient (Wildman–Crippen LogP) is 2.39. The van der Waals surface area contributed by atoms with E-state index in [1.807, 2.05) is 4.90 Å². The fourth-order valence-corrected chi connectivity index (χ4v) is 1.98. The SMILES string of the molecule is ON=C1CCN(Cc2cccc(F)c2F)CC1. The van der Waals surface area contributed by atoms with Gasteiger partial charge in [0.25, 0.3) is 0 Å². The molecule has 0 bridgehead atoms. The van der Waals surface area contributed by atoms with Gasteiger partial charge in [0.05, 0.1) is 5.71 Å². The maximum atomic E-state index is 13.4. The van der Waals surface area contributed by atoms with E-state index >= 15 is 0 Å². The standard InChI is InChI=1S/C12H14F2N2O/c13-11-3-1-2-9(12(11)14)8-16-6-4-10(15-17)5-7-16/h1-3,17H,4-8H2. The third-order valence-electron chi connectivity index (χ3n) is 3.00. The molecule has 1 saturated heterocycles. The van der Waals surface area contributed by atoms with E-state index in [0.29, 0.717) is 38.0 Å². The van der Waals surface area contributed by atoms with Crippen molar-refractivity contribution in [2.75, 3.05) is 13.1 Å². The predicted molar refractivity (Wildman–Crippen MR) is 60.1 cm³/mol. The molecule has 1 aromatic rings. The Hall–Kier alpha value is -1.49. The van der Waals surface area contributed by atoms with Gasteiger partial charge in [0.15, 0.2) is 11.6 Å². The summed E-state index contributed by atoms with van der Waals surface area (Å²) in [5.41, 5.74) is 1.13. The Kier molecular flexibility index (Phi) is 3.68. The zero-order valence-electron chi connectivity index (χ0n) is 9.37. The van der Waals surface area contributed by atoms with Crippen LogP contribution in [0.15, 0.2) is 23.4 Å². The number of hydrogen-bond donors (Lipinski definition) is 1. The van der Waals surface area contributed by atoms with Gasteiger partial charge < -0.3 is 5.21 Å². The molecule has 2 rings (SSSR count). The highest BCUT2D eigenvalue weighted by atomic mass is 19.2. The molecule has 0 radical (unpaired) electrons. The summed E-state index contributed by atoms with van der Waals surface area (Å²) >= 11 is 0. The zero-order valence-corrected chi connectivity index (χ0v) is 9.37. The lowest BCUT2D eigenvalue weighted by atomic mass is 10.1. The summed E-state index contributed by atoms with van der Waals surface area (Å²) in [6, 6.07) is 4.22. The first-order chi connectivity index (χ1) is 8.20. The third-order valence-corrected chi connectivity index (χ3v) is 3.00. The minimum absolute atomic E-state index is 0.370. The molecule has 0 amide bonds. The van der Waals surface area contributed by atoms with Crippen LogP contribution in [0.2, 0.25) is 0 Å². The van der Waals surface area contributed by atoms with Gasteiger partial charge in [-0.15, -0.1) is 0 Å². The molecular weight excluding hydrogens is 226 g/mol. The Morgan fingerprint density at radius 2 is 1.94 bits per heavy atom. The van der Waals surface area contributed by atoms with E-state index < -0.39 is 11.6 Å². The first-order valence-corrected chi connectivity index (χ1v) is 5.55. The molecule has 1 heterocycles. The Bertz CT molecular complexity index is 425. The second-order valence-corrected chi connectivity index (χ2v) is 4.16. The summed E-state index contributed by atoms with van der Waals surface area (Å²) in [7, 11) is 0. The molecule has 0 aromatic heterocycles. The number of nitrogens with zero attached hydrogens (tertiary/aromatic N) is 2. The number of rotatable bonds is 2. The minimum Gasteiger partial charge on any atom is -0.411 e. The van der Waals surface area contributed by atoms with E-state index in [9.17, 15) is 8.78 Å². The molecule has 5 heteroatoms. The van der Waals surface area contributed by atoms with Crippen LogP contribution in [0.1, 0.15) is 18.4 Å². The van der Waals surface area contributed by atoms with Gasteiger partial charge in [-0.25, -0.2) is 8.78 Å². The monoisotopic (exact) mass is 240 g/mol. The van der Waals surface area contributed by atoms with Gasteiger partial charge in [0.1, 0.15) is 0 Å². The molecule has 0 aliphatic carbocycles. The van der Waals surface area contributed by atoms with E-state index in [-0.39, 0.29) is 0 Å². The van der Waals surface area contributed by atoms with Crippen LogP contribution in [0.3, 0.4) is 0 Å². The molecule has 0 atom stereocenters. The molecular formula is C12H14F2N2O. The van der Waals surface area contributed by atoms with Crippen molar-refractivity contribution in [2.45, 2.75) is 19.4 Å². The fourth-order valence-electron chi connectivity index (χ4n) is 1.98. The van der Waals surface area contributed by atoms with Crippen molar-refractivity contribution in [3.05, 3.63) is 35.4 Å². The molecule has 0 unspecified atom stereocenters. The number of likely N-dealkylation sites (tertiary alicyclic amines) is 1. The van der Waals surface area contributed by atoms with Gasteiger partial charge in [-0.2, -0.15) is 0 Å². The lowest BCUT2D eigenvalue weighted by molar-refractivity contribution is 0.252. The number of benzene rings is 1. The van der Waals surface area contributed by atoms with Gasteiger partial charge in [-0.1, -0.05) is 17.3 Å². The fraction of sp³-hybridized carbons (Fsp3) is 0.417. The van der Waals surface area contributed by atoms with Gasteiger partial charge in [-0.3, -0.25) is 4.90 Å². The van der Waals surface area contributed by atoms with Crippen LogP contribution in [0.4, 0.5) is 8.78 Å². The minimum atomic E-state index is -0.808. The average Bonchev–Trinajstić information content (AvgIpc) is 2.36. The summed E-state index contributed by atoms with van der Waals surface area (Å²) < 4.78 is 26.4. The van der Waals surface area contributed by atoms with Crippen LogP contribution < -0.4 is 0 Å². The van der Waals surface area contributed by atoms with Crippen LogP contribution >= 0.6 is 0 Å². The van der Waals surface area contributed by atoms with Crippen LogP contribution in [0.25, 0.3) is 0 Å². The van der Waals surface area contributed by atoms with Crippen molar-refractivity contribution >= 4 is 5.71 Å². The molecule has 0 spiro atoms. The van der Waals surface area contributed by atoms with E-state index in [2.05, 4.69) is 5.16 Å². The van der Waals surface area contributed by atoms with E-state index in [4.69, 9.17) is 5.21 Å². The van der Waals surface area contributed by atoms with Crippen molar-refractivity contribution in [3.8, 4) is 0 Å². The Labute approximate surface area is 98.3 Å². The maximum absolute atomic E-state index is 13.4. The van der Waals surface area contributed by atoms with Crippen LogP contribution in [0, 0.1) is 11.6 Å². The summed E-state index contributed by atoms with van der Waals surface area (Å²) in [6.07, 6.45) is 1.35. The van der Waals surface area contributed by atoms with Gasteiger partial charge in [-0.05, 0) is 6.07 Å². The van der Waals surface area contributed by atoms with Gasteiger partial charge in [0.2, 0.25) is 0 Å². The molecule has 1 aliphatic rings. The lowest BCUT2D eigenvalue weighted by Crippen LogP contribution is -2.33. The third kappa shape index (κ3) is 2.79. The number of halogens is 2. The van der Waals surface area contributed by atoms with Crippen molar-refractivity contribution in [1.82, 2.24) is 4.90 Å². The first-order valence-electron chi connectivity index (χ1n) is 5.55. The molecule has 92 valence electrons. The molecule has 1 N–H and O–H groups in total. The second kappa shape index (κ2) is 5.23. The van der Waals surface area contributed by atoms with Crippen LogP contribution in [-0.4, -0.2) is 28.9 Å². The molecule has 1 aromatic carbocycles. The number of hydrogen-bond acceptors (Lipinski definition) is 3. The highest BCUT2D eigenvalue weighted by Gasteiger charge is 2.17. The van der Waals surface area contributed by atoms with Gasteiger partial charge in [0, 0.05) is 38.0 Å². The normalized spacial score (nSPS) is 17.2. The quantitative estimate of drug-likeness (QED) is 0.636. The lowest BCUT2D eigenvalue weighted by Gasteiger charge is -2.27. The van der Waals surface area contributed by atoms with Crippen LogP contribution in [-0.2, 0) is 6.54 Å². The largest absolute Gasteiger partial charge is 0.411 e. The van der Waals surface area contributed by atoms with E-state index in [0.717, 1.165) is 11.8 Å². The average molecular weight is 240 g/mol. The summed E-state index contributed by atoms with van der Waals surface area (Å²) in [5.74, 6) is -1.58. The Morgan fingerprint density at radius 1 is 1.24 bits per heavy atom. The van der Waals surface area contributed by atoms with Crippen LogP contribution in [0.5, 0.6) is 0 Å². The summed E-state index contributed by atoms with van der Waals surface area (Å²) in [4.78, 5) is 2.02. The zero-order chi connectivity index (χ0) is 12.3.